The fourth-order valence-corrected chi connectivity index (χ4v) is 3.01. The molecule has 0 saturated carbocycles. The monoisotopic (exact) mass is 403 g/mol. The van der Waals surface area contributed by atoms with Gasteiger partial charge in [-0.1, -0.05) is 24.3 Å². The molecule has 0 atom stereocenters. The first-order chi connectivity index (χ1) is 14.4. The molecule has 0 aliphatic carbocycles. The highest BCUT2D eigenvalue weighted by Gasteiger charge is 2.20. The van der Waals surface area contributed by atoms with Gasteiger partial charge in [-0.15, -0.1) is 5.10 Å². The zero-order chi connectivity index (χ0) is 21.3. The van der Waals surface area contributed by atoms with Gasteiger partial charge >= 0.3 is 0 Å². The minimum absolute atomic E-state index is 0.0821. The van der Waals surface area contributed by atoms with E-state index in [1.54, 1.807) is 55.4 Å². The van der Waals surface area contributed by atoms with Crippen LogP contribution in [0.15, 0.2) is 60.7 Å². The van der Waals surface area contributed by atoms with Crippen molar-refractivity contribution >= 4 is 28.2 Å². The number of nitrogens with zero attached hydrogens (tertiary/aromatic N) is 5. The molecule has 9 heteroatoms. The third-order valence-corrected chi connectivity index (χ3v) is 4.58. The molecule has 1 heterocycles. The van der Waals surface area contributed by atoms with E-state index in [1.807, 2.05) is 18.2 Å². The standard InChI is InChI=1S/C21H18FN7O/c1-28(2)19(23)13-7-9-16(10-8-13)24-21(30)20-25-26-27-29(20)18-12-15-6-4-3-5-14(15)11-17(18)22/h3-12,23H,1-2H3,(H,24,30). The summed E-state index contributed by atoms with van der Waals surface area (Å²) < 4.78 is 15.7. The van der Waals surface area contributed by atoms with Crippen LogP contribution < -0.4 is 5.32 Å². The van der Waals surface area contributed by atoms with Crippen LogP contribution in [0.4, 0.5) is 10.1 Å². The Morgan fingerprint density at radius 2 is 1.73 bits per heavy atom. The number of amidine groups is 1. The maximum Gasteiger partial charge on any atom is 0.295 e. The van der Waals surface area contributed by atoms with Gasteiger partial charge in [-0.25, -0.2) is 4.39 Å². The Bertz CT molecular complexity index is 1250. The topological polar surface area (TPSA) is 99.8 Å². The lowest BCUT2D eigenvalue weighted by Gasteiger charge is -2.14. The first-order valence-corrected chi connectivity index (χ1v) is 9.09. The van der Waals surface area contributed by atoms with E-state index in [2.05, 4.69) is 20.8 Å². The summed E-state index contributed by atoms with van der Waals surface area (Å²) in [5.41, 5.74) is 1.29. The Balaban J connectivity index is 1.61. The number of carbonyl (C=O) groups excluding carboxylic acids is 1. The summed E-state index contributed by atoms with van der Waals surface area (Å²) in [4.78, 5) is 14.4. The number of fused-ring (bicyclic) bond motifs is 1. The van der Waals surface area contributed by atoms with Gasteiger partial charge in [0.1, 0.15) is 17.3 Å². The second-order valence-corrected chi connectivity index (χ2v) is 6.84. The summed E-state index contributed by atoms with van der Waals surface area (Å²) in [6.45, 7) is 0. The number of hydrogen-bond acceptors (Lipinski definition) is 5. The number of rotatable bonds is 4. The van der Waals surface area contributed by atoms with Gasteiger partial charge < -0.3 is 10.2 Å². The van der Waals surface area contributed by atoms with Crippen molar-refractivity contribution in [1.82, 2.24) is 25.1 Å². The highest BCUT2D eigenvalue weighted by molar-refractivity contribution is 6.02. The minimum atomic E-state index is -0.581. The van der Waals surface area contributed by atoms with E-state index in [4.69, 9.17) is 5.41 Å². The summed E-state index contributed by atoms with van der Waals surface area (Å²) in [5.74, 6) is -0.914. The van der Waals surface area contributed by atoms with E-state index in [-0.39, 0.29) is 11.5 Å². The van der Waals surface area contributed by atoms with Crippen LogP contribution in [0.25, 0.3) is 16.5 Å². The molecule has 150 valence electrons. The smallest absolute Gasteiger partial charge is 0.295 e. The quantitative estimate of drug-likeness (QED) is 0.403. The van der Waals surface area contributed by atoms with Crippen molar-refractivity contribution in [2.45, 2.75) is 0 Å². The van der Waals surface area contributed by atoms with E-state index in [0.717, 1.165) is 15.5 Å². The Hall–Kier alpha value is -4.14. The molecule has 0 saturated heterocycles. The lowest BCUT2D eigenvalue weighted by molar-refractivity contribution is 0.101. The molecule has 8 nitrogen and oxygen atoms in total. The van der Waals surface area contributed by atoms with E-state index >= 15 is 0 Å². The minimum Gasteiger partial charge on any atom is -0.363 e. The highest BCUT2D eigenvalue weighted by Crippen LogP contribution is 2.22. The first kappa shape index (κ1) is 19.2. The van der Waals surface area contributed by atoms with Gasteiger partial charge in [0.25, 0.3) is 5.91 Å². The first-order valence-electron chi connectivity index (χ1n) is 9.09. The number of benzene rings is 3. The van der Waals surface area contributed by atoms with Gasteiger partial charge in [-0.05, 0) is 57.6 Å². The van der Waals surface area contributed by atoms with Gasteiger partial charge in [0.05, 0.1) is 0 Å². The summed E-state index contributed by atoms with van der Waals surface area (Å²) in [5, 5.41) is 23.3. The Kier molecular flexibility index (Phi) is 4.93. The third-order valence-electron chi connectivity index (χ3n) is 4.58. The molecule has 0 radical (unpaired) electrons. The summed E-state index contributed by atoms with van der Waals surface area (Å²) in [7, 11) is 3.56. The lowest BCUT2D eigenvalue weighted by atomic mass is 10.1. The number of anilines is 1. The molecule has 4 aromatic rings. The number of nitrogens with one attached hydrogen (secondary N) is 2. The number of amides is 1. The van der Waals surface area contributed by atoms with Crippen molar-refractivity contribution in [2.24, 2.45) is 0 Å². The van der Waals surface area contributed by atoms with Gasteiger partial charge in [-0.3, -0.25) is 10.2 Å². The van der Waals surface area contributed by atoms with Crippen LogP contribution in [0.3, 0.4) is 0 Å². The second-order valence-electron chi connectivity index (χ2n) is 6.84. The molecule has 0 aliphatic rings. The predicted molar refractivity (Wildman–Crippen MR) is 112 cm³/mol. The number of aromatic nitrogens is 4. The molecule has 30 heavy (non-hydrogen) atoms. The largest absolute Gasteiger partial charge is 0.363 e. The fraction of sp³-hybridized carbons (Fsp3) is 0.0952. The van der Waals surface area contributed by atoms with Gasteiger partial charge in [0.15, 0.2) is 0 Å². The second kappa shape index (κ2) is 7.70. The fourth-order valence-electron chi connectivity index (χ4n) is 3.01. The normalized spacial score (nSPS) is 10.8. The third kappa shape index (κ3) is 3.60. The van der Waals surface area contributed by atoms with Crippen LogP contribution in [-0.4, -0.2) is 50.9 Å². The predicted octanol–water partition coefficient (Wildman–Crippen LogP) is 3.09. The molecule has 2 N–H and O–H groups in total. The number of hydrogen-bond donors (Lipinski definition) is 2. The molecule has 1 amide bonds. The van der Waals surface area contributed by atoms with E-state index in [9.17, 15) is 9.18 Å². The summed E-state index contributed by atoms with van der Waals surface area (Å²) >= 11 is 0. The average molecular weight is 403 g/mol. The molecular formula is C21H18FN7O. The van der Waals surface area contributed by atoms with Crippen molar-refractivity contribution in [3.05, 3.63) is 77.9 Å². The molecule has 0 spiro atoms. The summed E-state index contributed by atoms with van der Waals surface area (Å²) in [6, 6.07) is 17.1. The zero-order valence-corrected chi connectivity index (χ0v) is 16.3. The van der Waals surface area contributed by atoms with Gasteiger partial charge in [0, 0.05) is 25.3 Å². The molecule has 0 fully saturated rings. The van der Waals surface area contributed by atoms with Crippen LogP contribution in [0.5, 0.6) is 0 Å². The van der Waals surface area contributed by atoms with E-state index in [0.29, 0.717) is 17.1 Å². The number of halogens is 1. The van der Waals surface area contributed by atoms with Crippen molar-refractivity contribution in [3.63, 3.8) is 0 Å². The van der Waals surface area contributed by atoms with Crippen molar-refractivity contribution in [2.75, 3.05) is 19.4 Å². The molecule has 0 bridgehead atoms. The Morgan fingerprint density at radius 1 is 1.07 bits per heavy atom. The number of carbonyl (C=O) groups is 1. The Labute approximate surface area is 171 Å². The molecule has 0 unspecified atom stereocenters. The molecule has 1 aromatic heterocycles. The highest BCUT2D eigenvalue weighted by atomic mass is 19.1. The van der Waals surface area contributed by atoms with Gasteiger partial charge in [-0.2, -0.15) is 4.68 Å². The molecule has 0 aliphatic heterocycles. The summed E-state index contributed by atoms with van der Waals surface area (Å²) in [6.07, 6.45) is 0. The van der Waals surface area contributed by atoms with Crippen LogP contribution in [0, 0.1) is 11.2 Å². The van der Waals surface area contributed by atoms with Crippen LogP contribution in [0.2, 0.25) is 0 Å². The van der Waals surface area contributed by atoms with Crippen LogP contribution in [0.1, 0.15) is 16.2 Å². The zero-order valence-electron chi connectivity index (χ0n) is 16.3. The van der Waals surface area contributed by atoms with Crippen molar-refractivity contribution in [3.8, 4) is 5.69 Å². The number of tetrazole rings is 1. The molecule has 4 rings (SSSR count). The van der Waals surface area contributed by atoms with Gasteiger partial charge in [0.2, 0.25) is 5.82 Å². The average Bonchev–Trinajstić information content (AvgIpc) is 3.23. The van der Waals surface area contributed by atoms with E-state index < -0.39 is 11.7 Å². The lowest BCUT2D eigenvalue weighted by Crippen LogP contribution is -2.22. The maximum atomic E-state index is 14.7. The molecular weight excluding hydrogens is 385 g/mol. The van der Waals surface area contributed by atoms with E-state index in [1.165, 1.54) is 6.07 Å². The van der Waals surface area contributed by atoms with Crippen LogP contribution >= 0.6 is 0 Å². The Morgan fingerprint density at radius 3 is 2.40 bits per heavy atom. The molecule has 3 aromatic carbocycles. The SMILES string of the molecule is CN(C)C(=N)c1ccc(NC(=O)c2nnnn2-c2cc3ccccc3cc2F)cc1. The van der Waals surface area contributed by atoms with Crippen LogP contribution in [-0.2, 0) is 0 Å². The maximum absolute atomic E-state index is 14.7. The van der Waals surface area contributed by atoms with Crippen molar-refractivity contribution in [1.29, 1.82) is 5.41 Å². The van der Waals surface area contributed by atoms with Crippen molar-refractivity contribution < 1.29 is 9.18 Å².